The second-order valence-electron chi connectivity index (χ2n) is 6.56. The Morgan fingerprint density at radius 3 is 2.40 bits per heavy atom. The number of amides is 2. The highest BCUT2D eigenvalue weighted by molar-refractivity contribution is 9.10. The third-order valence-electron chi connectivity index (χ3n) is 4.38. The van der Waals surface area contributed by atoms with Gasteiger partial charge in [0.05, 0.1) is 7.11 Å². The molecule has 0 radical (unpaired) electrons. The van der Waals surface area contributed by atoms with Gasteiger partial charge >= 0.3 is 0 Å². The van der Waals surface area contributed by atoms with Crippen molar-refractivity contribution in [3.63, 3.8) is 0 Å². The number of carbonyl (C=O) groups excluding carboxylic acids is 2. The highest BCUT2D eigenvalue weighted by Crippen LogP contribution is 2.24. The fraction of sp³-hybridized carbons (Fsp3) is 0.0833. The monoisotopic (exact) mass is 464 g/mol. The van der Waals surface area contributed by atoms with Gasteiger partial charge in [0.15, 0.2) is 0 Å². The van der Waals surface area contributed by atoms with Gasteiger partial charge in [0.2, 0.25) is 5.91 Å². The predicted molar refractivity (Wildman–Crippen MR) is 124 cm³/mol. The molecule has 6 heteroatoms. The first-order chi connectivity index (χ1) is 14.5. The average molecular weight is 465 g/mol. The van der Waals surface area contributed by atoms with Gasteiger partial charge < -0.3 is 15.4 Å². The van der Waals surface area contributed by atoms with Gasteiger partial charge in [-0.25, -0.2) is 0 Å². The molecule has 3 aromatic rings. The van der Waals surface area contributed by atoms with E-state index in [9.17, 15) is 9.59 Å². The van der Waals surface area contributed by atoms with Crippen molar-refractivity contribution in [2.45, 2.75) is 6.92 Å². The second kappa shape index (κ2) is 9.89. The molecule has 0 unspecified atom stereocenters. The van der Waals surface area contributed by atoms with Crippen molar-refractivity contribution < 1.29 is 14.3 Å². The number of nitrogens with one attached hydrogen (secondary N) is 2. The second-order valence-corrected chi connectivity index (χ2v) is 7.47. The number of rotatable bonds is 6. The molecule has 2 N–H and O–H groups in total. The molecule has 3 rings (SSSR count). The number of aryl methyl sites for hydroxylation is 1. The number of methoxy groups -OCH3 is 1. The van der Waals surface area contributed by atoms with E-state index in [1.165, 1.54) is 6.08 Å². The number of benzene rings is 3. The highest BCUT2D eigenvalue weighted by Gasteiger charge is 2.09. The van der Waals surface area contributed by atoms with Crippen LogP contribution in [0.15, 0.2) is 77.3 Å². The molecule has 0 aromatic heterocycles. The van der Waals surface area contributed by atoms with E-state index in [-0.39, 0.29) is 11.8 Å². The zero-order valence-corrected chi connectivity index (χ0v) is 18.2. The summed E-state index contributed by atoms with van der Waals surface area (Å²) in [5.74, 6) is 0.181. The molecule has 0 saturated carbocycles. The quantitative estimate of drug-likeness (QED) is 0.461. The lowest BCUT2D eigenvalue weighted by molar-refractivity contribution is -0.111. The average Bonchev–Trinajstić information content (AvgIpc) is 2.73. The number of anilines is 2. The number of hydrogen-bond acceptors (Lipinski definition) is 3. The Labute approximate surface area is 183 Å². The zero-order chi connectivity index (χ0) is 21.5. The molecule has 0 heterocycles. The standard InChI is InChI=1S/C24H21BrN2O3/c1-16-6-3-4-9-21(16)24(29)27-20-8-5-7-19(15-20)26-23(28)13-10-17-14-18(25)11-12-22(17)30-2/h3-15H,1-2H3,(H,26,28)(H,27,29). The molecule has 30 heavy (non-hydrogen) atoms. The van der Waals surface area contributed by atoms with E-state index >= 15 is 0 Å². The SMILES string of the molecule is COc1ccc(Br)cc1C=CC(=O)Nc1cccc(NC(=O)c2ccccc2C)c1. The Morgan fingerprint density at radius 1 is 0.933 bits per heavy atom. The van der Waals surface area contributed by atoms with Gasteiger partial charge in [-0.1, -0.05) is 40.2 Å². The summed E-state index contributed by atoms with van der Waals surface area (Å²) in [4.78, 5) is 24.8. The first-order valence-electron chi connectivity index (χ1n) is 9.26. The van der Waals surface area contributed by atoms with Gasteiger partial charge in [0.25, 0.3) is 5.91 Å². The van der Waals surface area contributed by atoms with Gasteiger partial charge in [0.1, 0.15) is 5.75 Å². The van der Waals surface area contributed by atoms with E-state index in [1.807, 2.05) is 43.3 Å². The minimum atomic E-state index is -0.292. The molecule has 5 nitrogen and oxygen atoms in total. The maximum Gasteiger partial charge on any atom is 0.255 e. The first kappa shape index (κ1) is 21.3. The van der Waals surface area contributed by atoms with Crippen molar-refractivity contribution in [3.8, 4) is 5.75 Å². The molecule has 0 aliphatic carbocycles. The van der Waals surface area contributed by atoms with Crippen LogP contribution >= 0.6 is 15.9 Å². The summed E-state index contributed by atoms with van der Waals surface area (Å²) >= 11 is 3.41. The Kier molecular flexibility index (Phi) is 7.03. The summed E-state index contributed by atoms with van der Waals surface area (Å²) in [6.45, 7) is 1.89. The van der Waals surface area contributed by atoms with E-state index in [1.54, 1.807) is 43.5 Å². The van der Waals surface area contributed by atoms with Crippen molar-refractivity contribution in [1.29, 1.82) is 0 Å². The zero-order valence-electron chi connectivity index (χ0n) is 16.6. The van der Waals surface area contributed by atoms with Gasteiger partial charge in [-0.05, 0) is 61.0 Å². The predicted octanol–water partition coefficient (Wildman–Crippen LogP) is 5.67. The molecule has 0 saturated heterocycles. The topological polar surface area (TPSA) is 67.4 Å². The summed E-state index contributed by atoms with van der Waals surface area (Å²) < 4.78 is 6.19. The molecule has 0 aliphatic heterocycles. The van der Waals surface area contributed by atoms with Crippen LogP contribution in [0.4, 0.5) is 11.4 Å². The Balaban J connectivity index is 1.68. The van der Waals surface area contributed by atoms with Crippen LogP contribution in [0, 0.1) is 6.92 Å². The largest absolute Gasteiger partial charge is 0.496 e. The molecule has 0 spiro atoms. The lowest BCUT2D eigenvalue weighted by atomic mass is 10.1. The van der Waals surface area contributed by atoms with E-state index in [2.05, 4.69) is 26.6 Å². The number of ether oxygens (including phenoxy) is 1. The number of halogens is 1. The maximum atomic E-state index is 12.5. The van der Waals surface area contributed by atoms with Crippen LogP contribution in [0.25, 0.3) is 6.08 Å². The molecule has 3 aromatic carbocycles. The number of hydrogen-bond donors (Lipinski definition) is 2. The normalized spacial score (nSPS) is 10.6. The van der Waals surface area contributed by atoms with E-state index in [0.717, 1.165) is 15.6 Å². The smallest absolute Gasteiger partial charge is 0.255 e. The van der Waals surface area contributed by atoms with E-state index in [4.69, 9.17) is 4.74 Å². The minimum Gasteiger partial charge on any atom is -0.496 e. The molecule has 0 bridgehead atoms. The van der Waals surface area contributed by atoms with Crippen LogP contribution in [-0.4, -0.2) is 18.9 Å². The van der Waals surface area contributed by atoms with Crippen LogP contribution < -0.4 is 15.4 Å². The fourth-order valence-corrected chi connectivity index (χ4v) is 3.26. The van der Waals surface area contributed by atoms with Crippen molar-refractivity contribution in [1.82, 2.24) is 0 Å². The van der Waals surface area contributed by atoms with Crippen LogP contribution in [0.2, 0.25) is 0 Å². The molecule has 0 fully saturated rings. The third-order valence-corrected chi connectivity index (χ3v) is 4.88. The molecule has 0 aliphatic rings. The van der Waals surface area contributed by atoms with Crippen LogP contribution in [0.5, 0.6) is 5.75 Å². The molecular weight excluding hydrogens is 444 g/mol. The summed E-state index contributed by atoms with van der Waals surface area (Å²) in [5.41, 5.74) is 3.46. The van der Waals surface area contributed by atoms with Crippen molar-refractivity contribution in [2.24, 2.45) is 0 Å². The highest BCUT2D eigenvalue weighted by atomic mass is 79.9. The molecule has 152 valence electrons. The minimum absolute atomic E-state index is 0.196. The van der Waals surface area contributed by atoms with Crippen LogP contribution in [0.1, 0.15) is 21.5 Å². The maximum absolute atomic E-state index is 12.5. The molecule has 2 amide bonds. The van der Waals surface area contributed by atoms with E-state index < -0.39 is 0 Å². The fourth-order valence-electron chi connectivity index (χ4n) is 2.89. The first-order valence-corrected chi connectivity index (χ1v) is 10.1. The Morgan fingerprint density at radius 2 is 1.67 bits per heavy atom. The molecular formula is C24H21BrN2O3. The van der Waals surface area contributed by atoms with Gasteiger partial charge in [-0.2, -0.15) is 0 Å². The van der Waals surface area contributed by atoms with Gasteiger partial charge in [0, 0.05) is 33.1 Å². The number of carbonyl (C=O) groups is 2. The summed E-state index contributed by atoms with van der Waals surface area (Å²) in [6.07, 6.45) is 3.12. The Bertz CT molecular complexity index is 1110. The van der Waals surface area contributed by atoms with Gasteiger partial charge in [-0.3, -0.25) is 9.59 Å². The van der Waals surface area contributed by atoms with Crippen LogP contribution in [-0.2, 0) is 4.79 Å². The van der Waals surface area contributed by atoms with Crippen molar-refractivity contribution >= 4 is 45.2 Å². The summed E-state index contributed by atoms with van der Waals surface area (Å²) in [7, 11) is 1.58. The Hall–Kier alpha value is -3.38. The third kappa shape index (κ3) is 5.58. The lowest BCUT2D eigenvalue weighted by Crippen LogP contribution is -2.14. The lowest BCUT2D eigenvalue weighted by Gasteiger charge is -2.09. The van der Waals surface area contributed by atoms with Crippen LogP contribution in [0.3, 0.4) is 0 Å². The van der Waals surface area contributed by atoms with Gasteiger partial charge in [-0.15, -0.1) is 0 Å². The summed E-state index contributed by atoms with van der Waals surface area (Å²) in [6, 6.07) is 19.9. The van der Waals surface area contributed by atoms with Crippen molar-refractivity contribution in [3.05, 3.63) is 94.0 Å². The van der Waals surface area contributed by atoms with Crippen molar-refractivity contribution in [2.75, 3.05) is 17.7 Å². The summed E-state index contributed by atoms with van der Waals surface area (Å²) in [5, 5.41) is 5.66. The molecule has 0 atom stereocenters. The van der Waals surface area contributed by atoms with E-state index in [0.29, 0.717) is 22.7 Å².